The van der Waals surface area contributed by atoms with E-state index in [0.29, 0.717) is 12.0 Å². The van der Waals surface area contributed by atoms with Gasteiger partial charge < -0.3 is 10.6 Å². The van der Waals surface area contributed by atoms with Crippen molar-refractivity contribution in [3.63, 3.8) is 0 Å². The van der Waals surface area contributed by atoms with E-state index in [1.807, 2.05) is 0 Å². The van der Waals surface area contributed by atoms with Crippen molar-refractivity contribution in [2.75, 3.05) is 13.6 Å². The van der Waals surface area contributed by atoms with Crippen molar-refractivity contribution in [1.29, 1.82) is 0 Å². The molecule has 0 saturated heterocycles. The van der Waals surface area contributed by atoms with Crippen molar-refractivity contribution in [3.8, 4) is 0 Å². The molecule has 0 heterocycles. The van der Waals surface area contributed by atoms with Gasteiger partial charge in [0.25, 0.3) is 0 Å². The first-order chi connectivity index (χ1) is 10.2. The van der Waals surface area contributed by atoms with Gasteiger partial charge in [0.05, 0.1) is 0 Å². The molecule has 116 valence electrons. The van der Waals surface area contributed by atoms with Crippen molar-refractivity contribution >= 4 is 0 Å². The maximum Gasteiger partial charge on any atom is 0.0456 e. The van der Waals surface area contributed by atoms with Crippen LogP contribution in [-0.2, 0) is 0 Å². The molecule has 21 heavy (non-hydrogen) atoms. The molecule has 3 atom stereocenters. The van der Waals surface area contributed by atoms with Crippen molar-refractivity contribution < 1.29 is 0 Å². The Morgan fingerprint density at radius 3 is 2.48 bits per heavy atom. The number of nitrogens with zero attached hydrogens (tertiary/aromatic N) is 1. The molecule has 2 aliphatic rings. The van der Waals surface area contributed by atoms with Gasteiger partial charge in [0.1, 0.15) is 0 Å². The Hall–Kier alpha value is -0.860. The lowest BCUT2D eigenvalue weighted by Crippen LogP contribution is -2.46. The lowest BCUT2D eigenvalue weighted by atomic mass is 9.77. The summed E-state index contributed by atoms with van der Waals surface area (Å²) >= 11 is 0. The maximum absolute atomic E-state index is 6.62. The number of hydrogen-bond acceptors (Lipinski definition) is 2. The van der Waals surface area contributed by atoms with Crippen LogP contribution < -0.4 is 5.73 Å². The largest absolute Gasteiger partial charge is 0.323 e. The molecule has 0 bridgehead atoms. The SMILES string of the molecule is CC1CC(N(C)CC2CCCCC2)C(N)c2ccccc21. The monoisotopic (exact) mass is 286 g/mol. The Balaban J connectivity index is 1.71. The van der Waals surface area contributed by atoms with Crippen molar-refractivity contribution in [2.45, 2.75) is 63.5 Å². The highest BCUT2D eigenvalue weighted by Crippen LogP contribution is 2.38. The van der Waals surface area contributed by atoms with Gasteiger partial charge in [-0.2, -0.15) is 0 Å². The van der Waals surface area contributed by atoms with Crippen LogP contribution in [0.25, 0.3) is 0 Å². The van der Waals surface area contributed by atoms with Crippen LogP contribution in [0.3, 0.4) is 0 Å². The molecule has 2 nitrogen and oxygen atoms in total. The predicted octanol–water partition coefficient (Wildman–Crippen LogP) is 4.07. The quantitative estimate of drug-likeness (QED) is 0.907. The van der Waals surface area contributed by atoms with Crippen LogP contribution in [0.15, 0.2) is 24.3 Å². The fourth-order valence-electron chi connectivity index (χ4n) is 4.47. The zero-order valence-corrected chi connectivity index (χ0v) is 13.6. The number of hydrogen-bond donors (Lipinski definition) is 1. The summed E-state index contributed by atoms with van der Waals surface area (Å²) in [5.41, 5.74) is 9.45. The van der Waals surface area contributed by atoms with Crippen LogP contribution in [-0.4, -0.2) is 24.5 Å². The van der Waals surface area contributed by atoms with E-state index in [9.17, 15) is 0 Å². The minimum Gasteiger partial charge on any atom is -0.323 e. The van der Waals surface area contributed by atoms with Gasteiger partial charge in [0.2, 0.25) is 0 Å². The van der Waals surface area contributed by atoms with E-state index < -0.39 is 0 Å². The molecule has 1 fully saturated rings. The molecule has 0 aliphatic heterocycles. The summed E-state index contributed by atoms with van der Waals surface area (Å²) in [6.45, 7) is 3.58. The van der Waals surface area contributed by atoms with Crippen LogP contribution in [0, 0.1) is 5.92 Å². The topological polar surface area (TPSA) is 29.3 Å². The summed E-state index contributed by atoms with van der Waals surface area (Å²) in [5, 5.41) is 0. The van der Waals surface area contributed by atoms with Crippen molar-refractivity contribution in [1.82, 2.24) is 4.90 Å². The minimum absolute atomic E-state index is 0.172. The lowest BCUT2D eigenvalue weighted by Gasteiger charge is -2.41. The second-order valence-corrected chi connectivity index (χ2v) is 7.30. The van der Waals surface area contributed by atoms with Crippen LogP contribution >= 0.6 is 0 Å². The van der Waals surface area contributed by atoms with Gasteiger partial charge >= 0.3 is 0 Å². The normalized spacial score (nSPS) is 30.4. The average Bonchev–Trinajstić information content (AvgIpc) is 2.52. The molecule has 0 radical (unpaired) electrons. The first-order valence-corrected chi connectivity index (χ1v) is 8.71. The fraction of sp³-hybridized carbons (Fsp3) is 0.684. The Kier molecular flexibility index (Phi) is 4.66. The zero-order valence-electron chi connectivity index (χ0n) is 13.6. The van der Waals surface area contributed by atoms with Crippen molar-refractivity contribution in [3.05, 3.63) is 35.4 Å². The lowest BCUT2D eigenvalue weighted by molar-refractivity contribution is 0.143. The first kappa shape index (κ1) is 15.1. The second kappa shape index (κ2) is 6.50. The molecular formula is C19H30N2. The van der Waals surface area contributed by atoms with Crippen molar-refractivity contribution in [2.24, 2.45) is 11.7 Å². The van der Waals surface area contributed by atoms with Gasteiger partial charge in [0.15, 0.2) is 0 Å². The maximum atomic E-state index is 6.62. The van der Waals surface area contributed by atoms with Gasteiger partial charge in [0, 0.05) is 18.6 Å². The Morgan fingerprint density at radius 1 is 1.10 bits per heavy atom. The highest BCUT2D eigenvalue weighted by atomic mass is 15.1. The Bertz CT molecular complexity index is 464. The molecule has 2 aliphatic carbocycles. The van der Waals surface area contributed by atoms with E-state index in [4.69, 9.17) is 5.73 Å². The van der Waals surface area contributed by atoms with Crippen LogP contribution in [0.2, 0.25) is 0 Å². The summed E-state index contributed by atoms with van der Waals surface area (Å²) in [6, 6.07) is 9.44. The van der Waals surface area contributed by atoms with Gasteiger partial charge in [-0.25, -0.2) is 0 Å². The highest BCUT2D eigenvalue weighted by molar-refractivity contribution is 5.36. The average molecular weight is 286 g/mol. The van der Waals surface area contributed by atoms with E-state index in [2.05, 4.69) is 43.1 Å². The summed E-state index contributed by atoms with van der Waals surface area (Å²) in [4.78, 5) is 2.56. The van der Waals surface area contributed by atoms with E-state index >= 15 is 0 Å². The second-order valence-electron chi connectivity index (χ2n) is 7.30. The molecule has 3 rings (SSSR count). The predicted molar refractivity (Wildman–Crippen MR) is 89.4 cm³/mol. The molecule has 0 amide bonds. The third-order valence-corrected chi connectivity index (χ3v) is 5.73. The highest BCUT2D eigenvalue weighted by Gasteiger charge is 2.33. The number of nitrogens with two attached hydrogens (primary N) is 1. The molecule has 2 N–H and O–H groups in total. The smallest absolute Gasteiger partial charge is 0.0456 e. The first-order valence-electron chi connectivity index (χ1n) is 8.71. The Labute approximate surface area is 129 Å². The van der Waals surface area contributed by atoms with Gasteiger partial charge in [-0.05, 0) is 49.3 Å². The molecule has 1 aromatic carbocycles. The number of fused-ring (bicyclic) bond motifs is 1. The van der Waals surface area contributed by atoms with E-state index in [-0.39, 0.29) is 6.04 Å². The van der Waals surface area contributed by atoms with E-state index in [0.717, 1.165) is 5.92 Å². The molecule has 1 aromatic rings. The van der Waals surface area contributed by atoms with Crippen LogP contribution in [0.5, 0.6) is 0 Å². The molecule has 3 unspecified atom stereocenters. The molecule has 2 heteroatoms. The fourth-order valence-corrected chi connectivity index (χ4v) is 4.47. The minimum atomic E-state index is 0.172. The number of benzene rings is 1. The van der Waals surface area contributed by atoms with Crippen LogP contribution in [0.1, 0.15) is 68.5 Å². The third-order valence-electron chi connectivity index (χ3n) is 5.73. The van der Waals surface area contributed by atoms with Gasteiger partial charge in [-0.15, -0.1) is 0 Å². The standard InChI is InChI=1S/C19H30N2/c1-14-12-18(19(20)17-11-7-6-10-16(14)17)21(2)13-15-8-4-3-5-9-15/h6-7,10-11,14-15,18-19H,3-5,8-9,12-13,20H2,1-2H3. The molecule has 0 spiro atoms. The van der Waals surface area contributed by atoms with Crippen LogP contribution in [0.4, 0.5) is 0 Å². The summed E-state index contributed by atoms with van der Waals surface area (Å²) in [7, 11) is 2.29. The summed E-state index contributed by atoms with van der Waals surface area (Å²) in [5.74, 6) is 1.52. The van der Waals surface area contributed by atoms with Gasteiger partial charge in [-0.3, -0.25) is 0 Å². The third kappa shape index (κ3) is 3.17. The summed E-state index contributed by atoms with van der Waals surface area (Å²) in [6.07, 6.45) is 8.31. The number of rotatable bonds is 3. The molecule has 1 saturated carbocycles. The molecule has 0 aromatic heterocycles. The summed E-state index contributed by atoms with van der Waals surface area (Å²) < 4.78 is 0. The van der Waals surface area contributed by atoms with E-state index in [1.54, 1.807) is 0 Å². The number of likely N-dealkylation sites (N-methyl/N-ethyl adjacent to an activating group) is 1. The Morgan fingerprint density at radius 2 is 1.76 bits per heavy atom. The molecular weight excluding hydrogens is 256 g/mol. The van der Waals surface area contributed by atoms with Gasteiger partial charge in [-0.1, -0.05) is 50.5 Å². The van der Waals surface area contributed by atoms with E-state index in [1.165, 1.54) is 56.2 Å². The zero-order chi connectivity index (χ0) is 14.8.